The molecule has 2 aliphatic carbocycles. The Balaban J connectivity index is 1.13. The number of hydrogen-bond donors (Lipinski definition) is 0. The van der Waals surface area contributed by atoms with Crippen LogP contribution in [0.15, 0.2) is 205 Å². The van der Waals surface area contributed by atoms with Crippen molar-refractivity contribution in [1.29, 1.82) is 0 Å². The fourth-order valence-electron chi connectivity index (χ4n) is 10.7. The third kappa shape index (κ3) is 5.44. The van der Waals surface area contributed by atoms with E-state index in [-0.39, 0.29) is 5.41 Å². The van der Waals surface area contributed by atoms with Crippen LogP contribution in [0.3, 0.4) is 0 Å². The van der Waals surface area contributed by atoms with E-state index >= 15 is 0 Å². The van der Waals surface area contributed by atoms with E-state index in [4.69, 9.17) is 29.3 Å². The molecule has 3 aromatic heterocycles. The second kappa shape index (κ2) is 14.1. The van der Waals surface area contributed by atoms with E-state index in [9.17, 15) is 0 Å². The largest absolute Gasteiger partial charge is 0.452 e. The normalized spacial score (nSPS) is 13.9. The molecular weight excluding hydrogens is 795 g/mol. The molecule has 3 heterocycles. The molecular formula is C59H39N5O. The second-order valence-corrected chi connectivity index (χ2v) is 17.5. The Morgan fingerprint density at radius 3 is 1.54 bits per heavy atom. The van der Waals surface area contributed by atoms with Crippen molar-refractivity contribution in [2.45, 2.75) is 24.7 Å². The first kappa shape index (κ1) is 37.2. The SMILES string of the molecule is CC1(C)c2ccccc2C2(c3ccc(-c4nc(-c5ccccc5)c5oc6ccccc6c5n4)cc3-c3c(-c4nc(-c5ccccc5)nc(-c5ccccc5)n4)cccc32)c2ccccc21. The van der Waals surface area contributed by atoms with Gasteiger partial charge in [-0.25, -0.2) is 24.9 Å². The number of benzene rings is 8. The van der Waals surface area contributed by atoms with Crippen molar-refractivity contribution in [2.24, 2.45) is 0 Å². The molecule has 0 bridgehead atoms. The van der Waals surface area contributed by atoms with E-state index in [1.165, 1.54) is 33.4 Å². The lowest BCUT2D eigenvalue weighted by Crippen LogP contribution is -2.40. The molecule has 0 fully saturated rings. The number of fused-ring (bicyclic) bond motifs is 12. The summed E-state index contributed by atoms with van der Waals surface area (Å²) in [6.45, 7) is 4.71. The summed E-state index contributed by atoms with van der Waals surface area (Å²) in [6.07, 6.45) is 0. The van der Waals surface area contributed by atoms with Crippen LogP contribution in [-0.4, -0.2) is 24.9 Å². The van der Waals surface area contributed by atoms with Crippen LogP contribution in [-0.2, 0) is 10.8 Å². The molecule has 0 radical (unpaired) electrons. The highest BCUT2D eigenvalue weighted by Crippen LogP contribution is 2.63. The molecule has 11 aromatic rings. The average Bonchev–Trinajstić information content (AvgIpc) is 3.90. The molecule has 0 aliphatic heterocycles. The number of aromatic nitrogens is 5. The van der Waals surface area contributed by atoms with E-state index in [1.807, 2.05) is 72.8 Å². The van der Waals surface area contributed by atoms with Gasteiger partial charge in [0.05, 0.1) is 5.41 Å². The lowest BCUT2D eigenvalue weighted by atomic mass is 9.55. The molecule has 6 nitrogen and oxygen atoms in total. The van der Waals surface area contributed by atoms with Crippen molar-refractivity contribution in [3.8, 4) is 67.9 Å². The van der Waals surface area contributed by atoms with Crippen LogP contribution in [0, 0.1) is 0 Å². The first-order valence-corrected chi connectivity index (χ1v) is 22.1. The van der Waals surface area contributed by atoms with Crippen molar-refractivity contribution in [3.63, 3.8) is 0 Å². The highest BCUT2D eigenvalue weighted by atomic mass is 16.3. The molecule has 6 heteroatoms. The van der Waals surface area contributed by atoms with E-state index in [2.05, 4.69) is 141 Å². The molecule has 0 saturated heterocycles. The maximum Gasteiger partial charge on any atom is 0.180 e. The number of furan rings is 1. The van der Waals surface area contributed by atoms with E-state index in [1.54, 1.807) is 0 Å². The molecule has 1 spiro atoms. The zero-order valence-electron chi connectivity index (χ0n) is 35.7. The van der Waals surface area contributed by atoms with Gasteiger partial charge in [0, 0.05) is 38.6 Å². The summed E-state index contributed by atoms with van der Waals surface area (Å²) in [4.78, 5) is 26.4. The van der Waals surface area contributed by atoms with E-state index in [0.29, 0.717) is 28.9 Å². The van der Waals surface area contributed by atoms with Crippen LogP contribution in [0.5, 0.6) is 0 Å². The van der Waals surface area contributed by atoms with Gasteiger partial charge in [-0.2, -0.15) is 0 Å². The van der Waals surface area contributed by atoms with Crippen LogP contribution in [0.4, 0.5) is 0 Å². The molecule has 0 saturated carbocycles. The smallest absolute Gasteiger partial charge is 0.180 e. The van der Waals surface area contributed by atoms with Gasteiger partial charge in [-0.15, -0.1) is 0 Å². The average molecular weight is 834 g/mol. The van der Waals surface area contributed by atoms with Gasteiger partial charge in [0.25, 0.3) is 0 Å². The first-order valence-electron chi connectivity index (χ1n) is 22.1. The van der Waals surface area contributed by atoms with Crippen molar-refractivity contribution in [2.75, 3.05) is 0 Å². The number of rotatable bonds is 5. The maximum atomic E-state index is 6.51. The second-order valence-electron chi connectivity index (χ2n) is 17.5. The highest BCUT2D eigenvalue weighted by molar-refractivity contribution is 6.07. The zero-order chi connectivity index (χ0) is 43.3. The molecule has 0 N–H and O–H groups in total. The third-order valence-corrected chi connectivity index (χ3v) is 13.6. The topological polar surface area (TPSA) is 77.6 Å². The van der Waals surface area contributed by atoms with Gasteiger partial charge in [0.1, 0.15) is 16.8 Å². The predicted octanol–water partition coefficient (Wildman–Crippen LogP) is 13.9. The van der Waals surface area contributed by atoms with Gasteiger partial charge < -0.3 is 4.42 Å². The van der Waals surface area contributed by atoms with Crippen LogP contribution in [0.25, 0.3) is 90.0 Å². The van der Waals surface area contributed by atoms with Gasteiger partial charge in [-0.05, 0) is 62.7 Å². The monoisotopic (exact) mass is 833 g/mol. The minimum Gasteiger partial charge on any atom is -0.452 e. The van der Waals surface area contributed by atoms with Crippen molar-refractivity contribution >= 4 is 22.1 Å². The summed E-state index contributed by atoms with van der Waals surface area (Å²) >= 11 is 0. The summed E-state index contributed by atoms with van der Waals surface area (Å²) in [6, 6.07) is 70.2. The van der Waals surface area contributed by atoms with Gasteiger partial charge in [0.15, 0.2) is 28.9 Å². The van der Waals surface area contributed by atoms with E-state index in [0.717, 1.165) is 61.1 Å². The number of hydrogen-bond acceptors (Lipinski definition) is 6. The van der Waals surface area contributed by atoms with Crippen LogP contribution >= 0.6 is 0 Å². The number of nitrogens with zero attached hydrogens (tertiary/aromatic N) is 5. The first-order chi connectivity index (χ1) is 32.0. The molecule has 2 aliphatic rings. The molecule has 0 unspecified atom stereocenters. The Morgan fingerprint density at radius 1 is 0.369 bits per heavy atom. The van der Waals surface area contributed by atoms with Gasteiger partial charge in [-0.3, -0.25) is 0 Å². The maximum absolute atomic E-state index is 6.51. The Kier molecular flexibility index (Phi) is 8.06. The minimum atomic E-state index is -0.653. The molecule has 0 atom stereocenters. The van der Waals surface area contributed by atoms with Gasteiger partial charge in [0.2, 0.25) is 0 Å². The van der Waals surface area contributed by atoms with Gasteiger partial charge >= 0.3 is 0 Å². The summed E-state index contributed by atoms with van der Waals surface area (Å²) in [5.74, 6) is 2.46. The number of para-hydroxylation sites is 1. The highest BCUT2D eigenvalue weighted by Gasteiger charge is 2.54. The van der Waals surface area contributed by atoms with Gasteiger partial charge in [-0.1, -0.05) is 196 Å². The van der Waals surface area contributed by atoms with Crippen LogP contribution in [0.1, 0.15) is 47.2 Å². The summed E-state index contributed by atoms with van der Waals surface area (Å²) < 4.78 is 6.51. The molecule has 8 aromatic carbocycles. The summed E-state index contributed by atoms with van der Waals surface area (Å²) in [5.41, 5.74) is 16.4. The fourth-order valence-corrected chi connectivity index (χ4v) is 10.7. The standard InChI is InChI=1S/C59H39N5O/c1-58(2)44-27-13-15-29-46(44)59(47-30-16-14-28-45(47)58)43-34-33-39(56-60-51(36-19-6-3-7-20-36)53-52(61-56)40-25-12-17-32-49(40)65-53)35-42(43)50-41(26-18-31-48(50)59)57-63-54(37-21-8-4-9-22-37)62-55(64-57)38-23-10-5-11-24-38/h3-35H,1-2H3. The zero-order valence-corrected chi connectivity index (χ0v) is 35.7. The van der Waals surface area contributed by atoms with Crippen molar-refractivity contribution < 1.29 is 4.42 Å². The molecule has 65 heavy (non-hydrogen) atoms. The lowest BCUT2D eigenvalue weighted by Gasteiger charge is -2.46. The lowest BCUT2D eigenvalue weighted by molar-refractivity contribution is 0.563. The van der Waals surface area contributed by atoms with Crippen molar-refractivity contribution in [3.05, 3.63) is 234 Å². The quantitative estimate of drug-likeness (QED) is 0.172. The summed E-state index contributed by atoms with van der Waals surface area (Å²) in [7, 11) is 0. The van der Waals surface area contributed by atoms with Crippen LogP contribution in [0.2, 0.25) is 0 Å². The summed E-state index contributed by atoms with van der Waals surface area (Å²) in [5, 5.41) is 0.951. The molecule has 0 amide bonds. The third-order valence-electron chi connectivity index (χ3n) is 13.6. The molecule has 13 rings (SSSR count). The Bertz CT molecular complexity index is 3580. The fraction of sp³-hybridized carbons (Fsp3) is 0.0678. The Hall–Kier alpha value is -8.35. The van der Waals surface area contributed by atoms with E-state index < -0.39 is 5.41 Å². The Morgan fingerprint density at radius 2 is 0.892 bits per heavy atom. The van der Waals surface area contributed by atoms with Crippen molar-refractivity contribution in [1.82, 2.24) is 24.9 Å². The molecule has 306 valence electrons. The Labute approximate surface area is 376 Å². The predicted molar refractivity (Wildman–Crippen MR) is 259 cm³/mol. The minimum absolute atomic E-state index is 0.243. The van der Waals surface area contributed by atoms with Crippen LogP contribution < -0.4 is 0 Å².